The normalized spacial score (nSPS) is 16.2. The number of piperidine rings is 1. The number of nitrogens with zero attached hydrogens (tertiary/aromatic N) is 1. The summed E-state index contributed by atoms with van der Waals surface area (Å²) < 4.78 is 27.6. The Morgan fingerprint density at radius 1 is 1.19 bits per heavy atom. The number of hydrogen-bond donors (Lipinski definition) is 2. The summed E-state index contributed by atoms with van der Waals surface area (Å²) in [4.78, 5) is 12.5. The largest absolute Gasteiger partial charge is 0.356 e. The summed E-state index contributed by atoms with van der Waals surface area (Å²) in [5, 5.41) is 2.88. The molecule has 0 atom stereocenters. The number of benzene rings is 1. The van der Waals surface area contributed by atoms with Crippen LogP contribution in [0, 0.1) is 26.7 Å². The molecule has 148 valence electrons. The molecule has 1 aliphatic heterocycles. The van der Waals surface area contributed by atoms with E-state index in [1.54, 1.807) is 0 Å². The number of rotatable bonds is 6. The molecule has 0 saturated carbocycles. The molecular weight excluding hydrogens is 374 g/mol. The topological polar surface area (TPSA) is 92.5 Å². The Balaban J connectivity index is 0.00000338. The van der Waals surface area contributed by atoms with Gasteiger partial charge in [-0.3, -0.25) is 4.79 Å². The van der Waals surface area contributed by atoms with Gasteiger partial charge in [0.15, 0.2) is 0 Å². The van der Waals surface area contributed by atoms with Gasteiger partial charge >= 0.3 is 0 Å². The molecule has 1 aromatic carbocycles. The fourth-order valence-electron chi connectivity index (χ4n) is 3.52. The van der Waals surface area contributed by atoms with E-state index in [0.29, 0.717) is 43.9 Å². The van der Waals surface area contributed by atoms with Gasteiger partial charge in [0.25, 0.3) is 0 Å². The van der Waals surface area contributed by atoms with Crippen molar-refractivity contribution in [2.24, 2.45) is 11.7 Å². The number of halogens is 1. The molecule has 0 bridgehead atoms. The van der Waals surface area contributed by atoms with E-state index in [-0.39, 0.29) is 24.2 Å². The zero-order chi connectivity index (χ0) is 18.6. The molecule has 3 N–H and O–H groups in total. The predicted octanol–water partition coefficient (Wildman–Crippen LogP) is 1.90. The molecule has 1 aliphatic rings. The van der Waals surface area contributed by atoms with E-state index >= 15 is 0 Å². The van der Waals surface area contributed by atoms with Gasteiger partial charge in [-0.15, -0.1) is 12.4 Å². The third kappa shape index (κ3) is 5.19. The Morgan fingerprint density at radius 2 is 1.73 bits per heavy atom. The minimum Gasteiger partial charge on any atom is -0.356 e. The van der Waals surface area contributed by atoms with Gasteiger partial charge in [-0.25, -0.2) is 8.42 Å². The van der Waals surface area contributed by atoms with E-state index < -0.39 is 10.0 Å². The van der Waals surface area contributed by atoms with Crippen molar-refractivity contribution in [2.75, 3.05) is 26.2 Å². The van der Waals surface area contributed by atoms with Gasteiger partial charge in [0, 0.05) is 25.6 Å². The quantitative estimate of drug-likeness (QED) is 0.709. The molecule has 1 fully saturated rings. The lowest BCUT2D eigenvalue weighted by atomic mass is 9.97. The van der Waals surface area contributed by atoms with Crippen molar-refractivity contribution in [2.45, 2.75) is 44.9 Å². The molecule has 0 unspecified atom stereocenters. The number of sulfonamides is 1. The monoisotopic (exact) mass is 403 g/mol. The van der Waals surface area contributed by atoms with Crippen LogP contribution < -0.4 is 11.1 Å². The molecule has 0 aliphatic carbocycles. The van der Waals surface area contributed by atoms with Crippen LogP contribution in [-0.4, -0.2) is 44.8 Å². The van der Waals surface area contributed by atoms with Gasteiger partial charge in [0.2, 0.25) is 15.9 Å². The second kappa shape index (κ2) is 9.69. The number of carbonyl (C=O) groups is 1. The highest BCUT2D eigenvalue weighted by molar-refractivity contribution is 7.89. The standard InChI is InChI=1S/C18H29N3O3S.ClH/c1-13-11-14(2)17(15(3)12-13)25(23,24)21-9-5-16(6-10-21)18(22)20-8-4-7-19;/h11-12,16H,4-10,19H2,1-3H3,(H,20,22);1H. The van der Waals surface area contributed by atoms with Gasteiger partial charge in [-0.1, -0.05) is 17.7 Å². The van der Waals surface area contributed by atoms with Crippen LogP contribution in [0.15, 0.2) is 17.0 Å². The van der Waals surface area contributed by atoms with Crippen molar-refractivity contribution in [3.63, 3.8) is 0 Å². The van der Waals surface area contributed by atoms with Crippen LogP contribution in [0.3, 0.4) is 0 Å². The minimum absolute atomic E-state index is 0. The summed E-state index contributed by atoms with van der Waals surface area (Å²) in [5.74, 6) is -0.113. The molecule has 1 amide bonds. The van der Waals surface area contributed by atoms with Crippen molar-refractivity contribution in [1.82, 2.24) is 9.62 Å². The van der Waals surface area contributed by atoms with E-state index in [2.05, 4.69) is 5.32 Å². The maximum absolute atomic E-state index is 13.0. The second-order valence-corrected chi connectivity index (χ2v) is 8.71. The summed E-state index contributed by atoms with van der Waals surface area (Å²) in [6, 6.07) is 3.80. The van der Waals surface area contributed by atoms with Crippen molar-refractivity contribution in [3.05, 3.63) is 28.8 Å². The lowest BCUT2D eigenvalue weighted by Gasteiger charge is -2.31. The second-order valence-electron chi connectivity index (χ2n) is 6.84. The number of amides is 1. The number of nitrogens with one attached hydrogen (secondary N) is 1. The molecule has 0 spiro atoms. The fraction of sp³-hybridized carbons (Fsp3) is 0.611. The van der Waals surface area contributed by atoms with E-state index in [1.807, 2.05) is 32.9 Å². The fourth-order valence-corrected chi connectivity index (χ4v) is 5.40. The maximum Gasteiger partial charge on any atom is 0.243 e. The van der Waals surface area contributed by atoms with Crippen LogP contribution in [0.1, 0.15) is 36.0 Å². The summed E-state index contributed by atoms with van der Waals surface area (Å²) >= 11 is 0. The first-order chi connectivity index (χ1) is 11.8. The first-order valence-electron chi connectivity index (χ1n) is 8.83. The average Bonchev–Trinajstić information content (AvgIpc) is 2.54. The zero-order valence-corrected chi connectivity index (χ0v) is 17.4. The van der Waals surface area contributed by atoms with Crippen LogP contribution in [0.4, 0.5) is 0 Å². The van der Waals surface area contributed by atoms with Crippen LogP contribution in [0.5, 0.6) is 0 Å². The van der Waals surface area contributed by atoms with E-state index in [1.165, 1.54) is 4.31 Å². The molecule has 6 nitrogen and oxygen atoms in total. The Labute approximate surface area is 163 Å². The molecule has 8 heteroatoms. The van der Waals surface area contributed by atoms with Crippen molar-refractivity contribution < 1.29 is 13.2 Å². The lowest BCUT2D eigenvalue weighted by molar-refractivity contribution is -0.126. The summed E-state index contributed by atoms with van der Waals surface area (Å²) in [6.07, 6.45) is 1.86. The summed E-state index contributed by atoms with van der Waals surface area (Å²) in [5.41, 5.74) is 8.03. The van der Waals surface area contributed by atoms with E-state index in [0.717, 1.165) is 23.1 Å². The predicted molar refractivity (Wildman–Crippen MR) is 106 cm³/mol. The van der Waals surface area contributed by atoms with Crippen LogP contribution in [0.25, 0.3) is 0 Å². The van der Waals surface area contributed by atoms with Crippen LogP contribution in [-0.2, 0) is 14.8 Å². The van der Waals surface area contributed by atoms with Gasteiger partial charge in [-0.05, 0) is 57.7 Å². The molecule has 26 heavy (non-hydrogen) atoms. The third-order valence-corrected chi connectivity index (χ3v) is 6.91. The first-order valence-corrected chi connectivity index (χ1v) is 10.3. The van der Waals surface area contributed by atoms with Gasteiger partial charge in [-0.2, -0.15) is 4.31 Å². The molecular formula is C18H30ClN3O3S. The number of aryl methyl sites for hydroxylation is 3. The third-order valence-electron chi connectivity index (χ3n) is 4.71. The SMILES string of the molecule is Cc1cc(C)c(S(=O)(=O)N2CCC(C(=O)NCCCN)CC2)c(C)c1.Cl. The minimum atomic E-state index is -3.53. The molecule has 0 aromatic heterocycles. The zero-order valence-electron chi connectivity index (χ0n) is 15.7. The highest BCUT2D eigenvalue weighted by atomic mass is 35.5. The Kier molecular flexibility index (Phi) is 8.53. The average molecular weight is 404 g/mol. The Hall–Kier alpha value is -1.15. The van der Waals surface area contributed by atoms with Crippen molar-refractivity contribution in [1.29, 1.82) is 0 Å². The number of carbonyl (C=O) groups excluding carboxylic acids is 1. The van der Waals surface area contributed by atoms with Gasteiger partial charge < -0.3 is 11.1 Å². The first kappa shape index (κ1) is 22.9. The Bertz CT molecular complexity index is 706. The molecule has 2 rings (SSSR count). The molecule has 0 radical (unpaired) electrons. The molecule has 1 heterocycles. The van der Waals surface area contributed by atoms with E-state index in [4.69, 9.17) is 5.73 Å². The maximum atomic E-state index is 13.0. The van der Waals surface area contributed by atoms with Crippen molar-refractivity contribution >= 4 is 28.3 Å². The van der Waals surface area contributed by atoms with E-state index in [9.17, 15) is 13.2 Å². The van der Waals surface area contributed by atoms with Gasteiger partial charge in [0.1, 0.15) is 0 Å². The summed E-state index contributed by atoms with van der Waals surface area (Å²) in [6.45, 7) is 7.52. The molecule has 1 aromatic rings. The molecule has 1 saturated heterocycles. The highest BCUT2D eigenvalue weighted by Gasteiger charge is 2.33. The number of hydrogen-bond acceptors (Lipinski definition) is 4. The Morgan fingerprint density at radius 3 is 2.23 bits per heavy atom. The van der Waals surface area contributed by atoms with Crippen LogP contribution in [0.2, 0.25) is 0 Å². The van der Waals surface area contributed by atoms with Crippen LogP contribution >= 0.6 is 12.4 Å². The number of nitrogens with two attached hydrogens (primary N) is 1. The smallest absolute Gasteiger partial charge is 0.243 e. The van der Waals surface area contributed by atoms with Crippen molar-refractivity contribution in [3.8, 4) is 0 Å². The highest BCUT2D eigenvalue weighted by Crippen LogP contribution is 2.28. The lowest BCUT2D eigenvalue weighted by Crippen LogP contribution is -2.43. The van der Waals surface area contributed by atoms with Gasteiger partial charge in [0.05, 0.1) is 4.90 Å². The summed E-state index contributed by atoms with van der Waals surface area (Å²) in [7, 11) is -3.53.